The molecule has 0 amide bonds. The number of carbonyl (C=O) groups excluding carboxylic acids is 1. The van der Waals surface area contributed by atoms with E-state index in [-0.39, 0.29) is 11.5 Å². The van der Waals surface area contributed by atoms with E-state index in [1.165, 1.54) is 17.3 Å². The fourth-order valence-electron chi connectivity index (χ4n) is 4.71. The van der Waals surface area contributed by atoms with Crippen LogP contribution >= 0.6 is 11.8 Å². The highest BCUT2D eigenvalue weighted by Gasteiger charge is 2.25. The summed E-state index contributed by atoms with van der Waals surface area (Å²) in [7, 11) is 3.21. The first kappa shape index (κ1) is 24.8. The van der Waals surface area contributed by atoms with Gasteiger partial charge >= 0.3 is 0 Å². The third-order valence-corrected chi connectivity index (χ3v) is 7.68. The molecule has 1 heterocycles. The number of rotatable bonds is 7. The molecule has 1 aliphatic carbocycles. The highest BCUT2D eigenvalue weighted by Crippen LogP contribution is 2.41. The van der Waals surface area contributed by atoms with Gasteiger partial charge in [0.1, 0.15) is 11.1 Å². The molecule has 5 nitrogen and oxygen atoms in total. The lowest BCUT2D eigenvalue weighted by Gasteiger charge is -2.22. The van der Waals surface area contributed by atoms with Crippen molar-refractivity contribution in [3.05, 3.63) is 69.4 Å². The number of hydrogen-bond donors (Lipinski definition) is 0. The SMILES string of the molecule is COc1ccc(-c2c(C#N)c(SCC(=O)c3cc(C)c(C)cc3C)nc3c2CCCC3)cc1OC. The van der Waals surface area contributed by atoms with Crippen LogP contribution in [0.2, 0.25) is 0 Å². The molecule has 35 heavy (non-hydrogen) atoms. The molecule has 0 unspecified atom stereocenters. The highest BCUT2D eigenvalue weighted by molar-refractivity contribution is 8.00. The van der Waals surface area contributed by atoms with E-state index in [1.807, 2.05) is 38.1 Å². The Bertz CT molecular complexity index is 1340. The van der Waals surface area contributed by atoms with Gasteiger partial charge in [0.25, 0.3) is 0 Å². The summed E-state index contributed by atoms with van der Waals surface area (Å²) in [4.78, 5) is 18.0. The number of aromatic nitrogens is 1. The predicted octanol–water partition coefficient (Wildman–Crippen LogP) is 6.42. The molecule has 0 fully saturated rings. The zero-order valence-electron chi connectivity index (χ0n) is 20.9. The first-order chi connectivity index (χ1) is 16.9. The quantitative estimate of drug-likeness (QED) is 0.284. The van der Waals surface area contributed by atoms with Gasteiger partial charge in [-0.25, -0.2) is 4.98 Å². The number of nitriles is 1. The van der Waals surface area contributed by atoms with Gasteiger partial charge in [-0.15, -0.1) is 0 Å². The summed E-state index contributed by atoms with van der Waals surface area (Å²) < 4.78 is 10.9. The van der Waals surface area contributed by atoms with Crippen LogP contribution in [-0.4, -0.2) is 30.7 Å². The largest absolute Gasteiger partial charge is 0.493 e. The van der Waals surface area contributed by atoms with Crippen LogP contribution < -0.4 is 9.47 Å². The van der Waals surface area contributed by atoms with Crippen LogP contribution in [0.3, 0.4) is 0 Å². The van der Waals surface area contributed by atoms with E-state index in [1.54, 1.807) is 14.2 Å². The van der Waals surface area contributed by atoms with Gasteiger partial charge in [0.05, 0.1) is 25.5 Å². The zero-order valence-corrected chi connectivity index (χ0v) is 21.8. The minimum absolute atomic E-state index is 0.0478. The van der Waals surface area contributed by atoms with E-state index < -0.39 is 0 Å². The summed E-state index contributed by atoms with van der Waals surface area (Å²) in [6.07, 6.45) is 3.89. The summed E-state index contributed by atoms with van der Waals surface area (Å²) in [5.74, 6) is 1.54. The van der Waals surface area contributed by atoms with Gasteiger partial charge in [0.15, 0.2) is 17.3 Å². The van der Waals surface area contributed by atoms with E-state index >= 15 is 0 Å². The van der Waals surface area contributed by atoms with Gasteiger partial charge in [-0.3, -0.25) is 4.79 Å². The third-order valence-electron chi connectivity index (χ3n) is 6.71. The number of hydrogen-bond acceptors (Lipinski definition) is 6. The van der Waals surface area contributed by atoms with Crippen LogP contribution in [0.25, 0.3) is 11.1 Å². The molecule has 180 valence electrons. The molecule has 0 atom stereocenters. The molecule has 0 radical (unpaired) electrons. The van der Waals surface area contributed by atoms with Crippen LogP contribution in [0.15, 0.2) is 35.4 Å². The van der Waals surface area contributed by atoms with E-state index in [2.05, 4.69) is 19.1 Å². The number of thioether (sulfide) groups is 1. The molecule has 0 spiro atoms. The average molecular weight is 487 g/mol. The second-order valence-corrected chi connectivity index (χ2v) is 9.91. The molecule has 1 aliphatic rings. The van der Waals surface area contributed by atoms with Crippen molar-refractivity contribution in [1.82, 2.24) is 4.98 Å². The van der Waals surface area contributed by atoms with Crippen LogP contribution in [0.5, 0.6) is 11.5 Å². The maximum atomic E-state index is 13.1. The number of fused-ring (bicyclic) bond motifs is 1. The molecule has 0 N–H and O–H groups in total. The summed E-state index contributed by atoms with van der Waals surface area (Å²) in [5, 5.41) is 10.9. The maximum Gasteiger partial charge on any atom is 0.173 e. The van der Waals surface area contributed by atoms with E-state index in [0.29, 0.717) is 22.1 Å². The summed E-state index contributed by atoms with van der Waals surface area (Å²) in [6, 6.07) is 12.2. The number of carbonyl (C=O) groups is 1. The Morgan fingerprint density at radius 3 is 2.43 bits per heavy atom. The van der Waals surface area contributed by atoms with Gasteiger partial charge < -0.3 is 9.47 Å². The number of benzene rings is 2. The van der Waals surface area contributed by atoms with E-state index in [0.717, 1.165) is 64.8 Å². The molecule has 0 saturated heterocycles. The van der Waals surface area contributed by atoms with Crippen molar-refractivity contribution in [2.45, 2.75) is 51.5 Å². The van der Waals surface area contributed by atoms with Gasteiger partial charge in [-0.1, -0.05) is 23.9 Å². The fourth-order valence-corrected chi connectivity index (χ4v) is 5.60. The first-order valence-corrected chi connectivity index (χ1v) is 12.8. The van der Waals surface area contributed by atoms with Crippen molar-refractivity contribution in [3.8, 4) is 28.7 Å². The highest BCUT2D eigenvalue weighted by atomic mass is 32.2. The number of aryl methyl sites for hydroxylation is 4. The number of ketones is 1. The van der Waals surface area contributed by atoms with E-state index in [4.69, 9.17) is 14.5 Å². The molecule has 2 aromatic carbocycles. The lowest BCUT2D eigenvalue weighted by Crippen LogP contribution is -2.12. The van der Waals surface area contributed by atoms with E-state index in [9.17, 15) is 10.1 Å². The van der Waals surface area contributed by atoms with Gasteiger partial charge in [0.2, 0.25) is 0 Å². The van der Waals surface area contributed by atoms with Crippen molar-refractivity contribution in [1.29, 1.82) is 5.26 Å². The standard InChI is InChI=1S/C29H30N2O3S/c1-17-12-19(3)22(13-18(17)2)25(32)16-35-29-23(15-30)28(21-8-6-7-9-24(21)31-29)20-10-11-26(33-4)27(14-20)34-5/h10-14H,6-9,16H2,1-5H3. The normalized spacial score (nSPS) is 12.6. The Balaban J connectivity index is 1.76. The second-order valence-electron chi connectivity index (χ2n) is 8.94. The minimum Gasteiger partial charge on any atom is -0.493 e. The predicted molar refractivity (Wildman–Crippen MR) is 140 cm³/mol. The van der Waals surface area contributed by atoms with Crippen molar-refractivity contribution in [3.63, 3.8) is 0 Å². The van der Waals surface area contributed by atoms with Gasteiger partial charge in [-0.05, 0) is 92.5 Å². The van der Waals surface area contributed by atoms with Gasteiger partial charge in [-0.2, -0.15) is 5.26 Å². The number of nitrogens with zero attached hydrogens (tertiary/aromatic N) is 2. The molecule has 4 rings (SSSR count). The molecule has 0 aliphatic heterocycles. The maximum absolute atomic E-state index is 13.1. The number of pyridine rings is 1. The molecule has 3 aromatic rings. The Kier molecular flexibility index (Phi) is 7.47. The monoisotopic (exact) mass is 486 g/mol. The third kappa shape index (κ3) is 4.92. The lowest BCUT2D eigenvalue weighted by molar-refractivity contribution is 0.102. The van der Waals surface area contributed by atoms with Crippen LogP contribution in [0, 0.1) is 32.1 Å². The van der Waals surface area contributed by atoms with Crippen LogP contribution in [0.1, 0.15) is 56.7 Å². The summed E-state index contributed by atoms with van der Waals surface area (Å²) >= 11 is 1.35. The van der Waals surface area contributed by atoms with Crippen molar-refractivity contribution < 1.29 is 14.3 Å². The van der Waals surface area contributed by atoms with Crippen molar-refractivity contribution >= 4 is 17.5 Å². The molecular weight excluding hydrogens is 456 g/mol. The fraction of sp³-hybridized carbons (Fsp3) is 0.345. The Morgan fingerprint density at radius 1 is 1.00 bits per heavy atom. The number of Topliss-reactive ketones (excluding diaryl/α,β-unsaturated/α-hetero) is 1. The van der Waals surface area contributed by atoms with Crippen molar-refractivity contribution in [2.75, 3.05) is 20.0 Å². The second kappa shape index (κ2) is 10.5. The average Bonchev–Trinajstić information content (AvgIpc) is 2.87. The van der Waals surface area contributed by atoms with Crippen LogP contribution in [0.4, 0.5) is 0 Å². The molecule has 1 aromatic heterocycles. The topological polar surface area (TPSA) is 72.2 Å². The molecule has 0 saturated carbocycles. The lowest BCUT2D eigenvalue weighted by atomic mass is 9.87. The van der Waals surface area contributed by atoms with Gasteiger partial charge in [0, 0.05) is 16.8 Å². The Labute approximate surface area is 211 Å². The Hall–Kier alpha value is -3.30. The minimum atomic E-state index is 0.0478. The molecular formula is C29H30N2O3S. The molecule has 0 bridgehead atoms. The smallest absolute Gasteiger partial charge is 0.173 e. The zero-order chi connectivity index (χ0) is 25.1. The van der Waals surface area contributed by atoms with Crippen LogP contribution in [-0.2, 0) is 12.8 Å². The van der Waals surface area contributed by atoms with Crippen molar-refractivity contribution in [2.24, 2.45) is 0 Å². The summed E-state index contributed by atoms with van der Waals surface area (Å²) in [5.41, 5.74) is 8.46. The summed E-state index contributed by atoms with van der Waals surface area (Å²) in [6.45, 7) is 6.04. The number of methoxy groups -OCH3 is 2. The number of ether oxygens (including phenoxy) is 2. The first-order valence-electron chi connectivity index (χ1n) is 11.8. The molecule has 6 heteroatoms. The Morgan fingerprint density at radius 2 is 1.71 bits per heavy atom.